The number of hydrogen-bond donors (Lipinski definition) is 3. The fourth-order valence-corrected chi connectivity index (χ4v) is 2.06. The van der Waals surface area contributed by atoms with E-state index in [9.17, 15) is 4.79 Å². The number of H-pyrrole nitrogens is 1. The molecule has 0 aliphatic carbocycles. The van der Waals surface area contributed by atoms with Gasteiger partial charge in [0, 0.05) is 23.0 Å². The van der Waals surface area contributed by atoms with Crippen molar-refractivity contribution in [3.63, 3.8) is 0 Å². The van der Waals surface area contributed by atoms with Gasteiger partial charge in [-0.3, -0.25) is 4.79 Å². The second kappa shape index (κ2) is 9.84. The summed E-state index contributed by atoms with van der Waals surface area (Å²) in [6, 6.07) is 4.77. The van der Waals surface area contributed by atoms with Crippen molar-refractivity contribution in [3.05, 3.63) is 29.5 Å². The lowest BCUT2D eigenvalue weighted by Gasteiger charge is -2.07. The summed E-state index contributed by atoms with van der Waals surface area (Å²) in [5, 5.41) is 9.85. The number of carboxylic acids is 1. The smallest absolute Gasteiger partial charge is 0.320 e. The quantitative estimate of drug-likeness (QED) is 0.806. The molecule has 2 aromatic rings. The number of aliphatic carboxylic acids is 1. The minimum absolute atomic E-state index is 0.300. The van der Waals surface area contributed by atoms with Gasteiger partial charge in [-0.1, -0.05) is 27.7 Å². The fourth-order valence-electron chi connectivity index (χ4n) is 2.06. The van der Waals surface area contributed by atoms with Crippen LogP contribution in [0.2, 0.25) is 0 Å². The molecule has 0 amide bonds. The van der Waals surface area contributed by atoms with E-state index in [1.54, 1.807) is 7.11 Å². The van der Waals surface area contributed by atoms with Gasteiger partial charge in [-0.25, -0.2) is 0 Å². The third-order valence-corrected chi connectivity index (χ3v) is 3.07. The second-order valence-corrected chi connectivity index (χ2v) is 4.29. The second-order valence-electron chi connectivity index (χ2n) is 4.29. The Hall–Kier alpha value is -2.01. The fraction of sp³-hybridized carbons (Fsp3) is 0.471. The number of benzene rings is 1. The zero-order valence-corrected chi connectivity index (χ0v) is 14.4. The molecule has 0 saturated heterocycles. The van der Waals surface area contributed by atoms with Crippen molar-refractivity contribution in [2.75, 3.05) is 7.11 Å². The van der Waals surface area contributed by atoms with E-state index in [2.05, 4.69) is 4.98 Å². The van der Waals surface area contributed by atoms with E-state index in [0.29, 0.717) is 6.42 Å². The molecule has 0 saturated carbocycles. The van der Waals surface area contributed by atoms with Crippen LogP contribution in [0.25, 0.3) is 10.9 Å². The van der Waals surface area contributed by atoms with Crippen molar-refractivity contribution >= 4 is 16.9 Å². The van der Waals surface area contributed by atoms with E-state index < -0.39 is 12.0 Å². The summed E-state index contributed by atoms with van der Waals surface area (Å²) in [6.45, 7) is 9.91. The van der Waals surface area contributed by atoms with E-state index in [-0.39, 0.29) is 0 Å². The number of rotatable bonds is 4. The molecule has 0 bridgehead atoms. The van der Waals surface area contributed by atoms with E-state index in [1.165, 1.54) is 0 Å². The Kier molecular flexibility index (Phi) is 8.94. The highest BCUT2D eigenvalue weighted by molar-refractivity contribution is 5.87. The van der Waals surface area contributed by atoms with Crippen molar-refractivity contribution in [2.45, 2.75) is 47.1 Å². The summed E-state index contributed by atoms with van der Waals surface area (Å²) in [5.41, 5.74) is 8.42. The summed E-state index contributed by atoms with van der Waals surface area (Å²) < 4.78 is 5.18. The summed E-state index contributed by atoms with van der Waals surface area (Å²) in [4.78, 5) is 14.1. The molecule has 124 valence electrons. The molecule has 0 fully saturated rings. The summed E-state index contributed by atoms with van der Waals surface area (Å²) in [5.74, 6) is -0.252. The molecule has 22 heavy (non-hydrogen) atoms. The zero-order valence-electron chi connectivity index (χ0n) is 14.4. The molecule has 4 N–H and O–H groups in total. The van der Waals surface area contributed by atoms with E-state index in [4.69, 9.17) is 15.6 Å². The van der Waals surface area contributed by atoms with Gasteiger partial charge in [-0.05, 0) is 30.7 Å². The van der Waals surface area contributed by atoms with Crippen LogP contribution in [0.1, 0.15) is 39.0 Å². The third kappa shape index (κ3) is 4.77. The van der Waals surface area contributed by atoms with Crippen LogP contribution in [-0.4, -0.2) is 29.2 Å². The van der Waals surface area contributed by atoms with Gasteiger partial charge < -0.3 is 20.6 Å². The number of aryl methyl sites for hydroxylation is 1. The van der Waals surface area contributed by atoms with Crippen LogP contribution < -0.4 is 10.5 Å². The molecule has 1 unspecified atom stereocenters. The van der Waals surface area contributed by atoms with Crippen molar-refractivity contribution in [3.8, 4) is 5.75 Å². The van der Waals surface area contributed by atoms with Gasteiger partial charge in [0.2, 0.25) is 0 Å². The van der Waals surface area contributed by atoms with Crippen LogP contribution in [0, 0.1) is 6.92 Å². The average molecular weight is 308 g/mol. The number of aromatic nitrogens is 1. The van der Waals surface area contributed by atoms with Crippen LogP contribution in [-0.2, 0) is 11.2 Å². The van der Waals surface area contributed by atoms with Crippen molar-refractivity contribution in [1.82, 2.24) is 4.98 Å². The predicted octanol–water partition coefficient (Wildman–Crippen LogP) is 3.49. The number of carbonyl (C=O) groups is 1. The molecule has 2 rings (SSSR count). The monoisotopic (exact) mass is 308 g/mol. The van der Waals surface area contributed by atoms with E-state index in [1.807, 2.05) is 52.8 Å². The predicted molar refractivity (Wildman–Crippen MR) is 91.6 cm³/mol. The van der Waals surface area contributed by atoms with Crippen molar-refractivity contribution in [1.29, 1.82) is 0 Å². The molecule has 1 aromatic heterocycles. The maximum atomic E-state index is 10.8. The molecular formula is C17H28N2O3. The first-order valence-corrected chi connectivity index (χ1v) is 7.66. The number of carboxylic acid groups (broad SMARTS) is 1. The Bertz CT molecular complexity index is 591. The van der Waals surface area contributed by atoms with E-state index >= 15 is 0 Å². The number of ether oxygens (including phenoxy) is 1. The lowest BCUT2D eigenvalue weighted by molar-refractivity contribution is -0.138. The number of nitrogens with one attached hydrogen (secondary N) is 1. The summed E-state index contributed by atoms with van der Waals surface area (Å²) >= 11 is 0. The minimum atomic E-state index is -0.994. The number of fused-ring (bicyclic) bond motifs is 1. The lowest BCUT2D eigenvalue weighted by Crippen LogP contribution is -2.32. The van der Waals surface area contributed by atoms with Gasteiger partial charge in [0.1, 0.15) is 11.8 Å². The highest BCUT2D eigenvalue weighted by atomic mass is 16.5. The molecule has 1 aromatic carbocycles. The highest BCUT2D eigenvalue weighted by Gasteiger charge is 2.17. The first kappa shape index (κ1) is 20.0. The average Bonchev–Trinajstić information content (AvgIpc) is 2.86. The molecule has 0 spiro atoms. The molecule has 5 heteroatoms. The van der Waals surface area contributed by atoms with Gasteiger partial charge in [0.15, 0.2) is 0 Å². The molecule has 5 nitrogen and oxygen atoms in total. The Morgan fingerprint density at radius 1 is 1.32 bits per heavy atom. The summed E-state index contributed by atoms with van der Waals surface area (Å²) in [6.07, 6.45) is 0.300. The van der Waals surface area contributed by atoms with Gasteiger partial charge in [0.05, 0.1) is 7.11 Å². The van der Waals surface area contributed by atoms with Crippen molar-refractivity contribution in [2.24, 2.45) is 5.73 Å². The van der Waals surface area contributed by atoms with Crippen molar-refractivity contribution < 1.29 is 14.6 Å². The largest absolute Gasteiger partial charge is 0.497 e. The molecular weight excluding hydrogens is 280 g/mol. The standard InChI is InChI=1S/C13H16N2O3.2C2H6/c1-7-9(6-11(14)13(16)17)10-5-8(18-2)3-4-12(10)15-7;2*1-2/h3-5,11,15H,6,14H2,1-2H3,(H,16,17);2*1-2H3. The molecule has 1 heterocycles. The number of nitrogens with two attached hydrogens (primary N) is 1. The SMILES string of the molecule is CC.CC.COc1ccc2[nH]c(C)c(CC(N)C(=O)O)c2c1. The maximum absolute atomic E-state index is 10.8. The first-order valence-electron chi connectivity index (χ1n) is 7.66. The van der Waals surface area contributed by atoms with Gasteiger partial charge >= 0.3 is 5.97 Å². The Morgan fingerprint density at radius 3 is 2.41 bits per heavy atom. The van der Waals surface area contributed by atoms with E-state index in [0.717, 1.165) is 27.9 Å². The third-order valence-electron chi connectivity index (χ3n) is 3.07. The van der Waals surface area contributed by atoms with Crippen LogP contribution in [0.15, 0.2) is 18.2 Å². The molecule has 0 aliphatic heterocycles. The van der Waals surface area contributed by atoms with Gasteiger partial charge in [-0.2, -0.15) is 0 Å². The molecule has 1 atom stereocenters. The Morgan fingerprint density at radius 2 is 1.91 bits per heavy atom. The number of aromatic amines is 1. The van der Waals surface area contributed by atoms with Gasteiger partial charge in [-0.15, -0.1) is 0 Å². The zero-order chi connectivity index (χ0) is 17.3. The van der Waals surface area contributed by atoms with Crippen LogP contribution in [0.3, 0.4) is 0 Å². The normalized spacial score (nSPS) is 10.9. The summed E-state index contributed by atoms with van der Waals surface area (Å²) in [7, 11) is 1.60. The van der Waals surface area contributed by atoms with Crippen LogP contribution >= 0.6 is 0 Å². The number of hydrogen-bond acceptors (Lipinski definition) is 3. The molecule has 0 aliphatic rings. The Balaban J connectivity index is 0.00000102. The minimum Gasteiger partial charge on any atom is -0.497 e. The Labute approximate surface area is 132 Å². The maximum Gasteiger partial charge on any atom is 0.320 e. The van der Waals surface area contributed by atoms with Crippen LogP contribution in [0.5, 0.6) is 5.75 Å². The highest BCUT2D eigenvalue weighted by Crippen LogP contribution is 2.27. The van der Waals surface area contributed by atoms with Gasteiger partial charge in [0.25, 0.3) is 0 Å². The first-order chi connectivity index (χ1) is 10.5. The number of methoxy groups -OCH3 is 1. The topological polar surface area (TPSA) is 88.3 Å². The molecule has 0 radical (unpaired) electrons. The van der Waals surface area contributed by atoms with Crippen LogP contribution in [0.4, 0.5) is 0 Å². The lowest BCUT2D eigenvalue weighted by atomic mass is 10.0.